The summed E-state index contributed by atoms with van der Waals surface area (Å²) in [5.41, 5.74) is 1.28. The molecule has 0 unspecified atom stereocenters. The van der Waals surface area contributed by atoms with E-state index in [0.717, 1.165) is 0 Å². The molecular weight excluding hydrogens is 343 g/mol. The van der Waals surface area contributed by atoms with Gasteiger partial charge in [0.25, 0.3) is 0 Å². The molecule has 0 bridgehead atoms. The lowest BCUT2D eigenvalue weighted by molar-refractivity contribution is -0.122. The molecule has 2 amide bonds. The van der Waals surface area contributed by atoms with E-state index in [4.69, 9.17) is 0 Å². The van der Waals surface area contributed by atoms with E-state index >= 15 is 0 Å². The van der Waals surface area contributed by atoms with Crippen LogP contribution in [0.15, 0.2) is 29.5 Å². The van der Waals surface area contributed by atoms with Crippen molar-refractivity contribution in [3.63, 3.8) is 0 Å². The van der Waals surface area contributed by atoms with Crippen LogP contribution in [0.4, 0.5) is 23.8 Å². The fourth-order valence-electron chi connectivity index (χ4n) is 2.02. The van der Waals surface area contributed by atoms with Crippen molar-refractivity contribution < 1.29 is 18.0 Å². The van der Waals surface area contributed by atoms with Crippen molar-refractivity contribution in [2.24, 2.45) is 0 Å². The van der Waals surface area contributed by atoms with E-state index in [1.807, 2.05) is 0 Å². The van der Waals surface area contributed by atoms with Gasteiger partial charge < -0.3 is 10.3 Å². The Labute approximate surface area is 136 Å². The Morgan fingerprint density at radius 2 is 1.96 bits per heavy atom. The number of fused-ring (bicyclic) bond motifs is 1. The van der Waals surface area contributed by atoms with E-state index in [9.17, 15) is 22.8 Å². The molecule has 0 spiro atoms. The van der Waals surface area contributed by atoms with Gasteiger partial charge >= 0.3 is 17.9 Å². The number of halogens is 3. The van der Waals surface area contributed by atoms with Crippen molar-refractivity contribution in [2.75, 3.05) is 11.9 Å². The second-order valence-corrected chi connectivity index (χ2v) is 4.87. The summed E-state index contributed by atoms with van der Waals surface area (Å²) in [6, 6.07) is 0.555. The molecular formula is C13H10F3N7O2. The third-order valence-electron chi connectivity index (χ3n) is 3.04. The second-order valence-electron chi connectivity index (χ2n) is 4.87. The maximum absolute atomic E-state index is 12.0. The molecule has 3 rings (SSSR count). The van der Waals surface area contributed by atoms with Crippen molar-refractivity contribution in [3.05, 3.63) is 35.1 Å². The third-order valence-corrected chi connectivity index (χ3v) is 3.04. The van der Waals surface area contributed by atoms with E-state index in [0.29, 0.717) is 22.4 Å². The number of amides is 2. The summed E-state index contributed by atoms with van der Waals surface area (Å²) >= 11 is 0. The summed E-state index contributed by atoms with van der Waals surface area (Å²) in [5, 5.41) is 3.78. The van der Waals surface area contributed by atoms with Gasteiger partial charge in [0.2, 0.25) is 0 Å². The van der Waals surface area contributed by atoms with E-state index < -0.39 is 24.4 Å². The van der Waals surface area contributed by atoms with Gasteiger partial charge in [-0.2, -0.15) is 13.2 Å². The molecule has 3 aromatic rings. The molecule has 0 aliphatic heterocycles. The van der Waals surface area contributed by atoms with E-state index in [2.05, 4.69) is 30.2 Å². The number of aromatic amines is 2. The van der Waals surface area contributed by atoms with Gasteiger partial charge in [-0.25, -0.2) is 19.6 Å². The van der Waals surface area contributed by atoms with Crippen LogP contribution in [0.1, 0.15) is 0 Å². The molecule has 25 heavy (non-hydrogen) atoms. The number of carbonyl (C=O) groups excluding carboxylic acids is 1. The molecule has 0 atom stereocenters. The minimum absolute atomic E-state index is 0.0312. The Balaban J connectivity index is 1.76. The first kappa shape index (κ1) is 16.4. The van der Waals surface area contributed by atoms with Gasteiger partial charge in [0, 0.05) is 11.8 Å². The fraction of sp³-hybridized carbons (Fsp3) is 0.154. The maximum Gasteiger partial charge on any atom is 0.405 e. The normalized spacial score (nSPS) is 11.5. The molecule has 0 saturated heterocycles. The number of H-pyrrole nitrogens is 2. The highest BCUT2D eigenvalue weighted by Gasteiger charge is 2.27. The van der Waals surface area contributed by atoms with Crippen LogP contribution in [0, 0.1) is 0 Å². The number of aromatic nitrogens is 5. The zero-order valence-corrected chi connectivity index (χ0v) is 12.3. The number of hydrogen-bond acceptors (Lipinski definition) is 5. The number of pyridine rings is 1. The summed E-state index contributed by atoms with van der Waals surface area (Å²) in [4.78, 5) is 39.8. The first-order valence-electron chi connectivity index (χ1n) is 6.83. The number of urea groups is 1. The van der Waals surface area contributed by atoms with Crippen molar-refractivity contribution in [1.29, 1.82) is 0 Å². The average Bonchev–Trinajstić information content (AvgIpc) is 2.93. The van der Waals surface area contributed by atoms with E-state index in [-0.39, 0.29) is 5.82 Å². The molecule has 0 saturated carbocycles. The minimum atomic E-state index is -4.51. The molecule has 130 valence electrons. The summed E-state index contributed by atoms with van der Waals surface area (Å²) < 4.78 is 36.1. The Morgan fingerprint density at radius 3 is 2.64 bits per heavy atom. The molecule has 3 aromatic heterocycles. The number of alkyl halides is 3. The second kappa shape index (κ2) is 6.22. The van der Waals surface area contributed by atoms with Gasteiger partial charge in [-0.15, -0.1) is 0 Å². The highest BCUT2D eigenvalue weighted by Crippen LogP contribution is 2.22. The predicted molar refractivity (Wildman–Crippen MR) is 80.8 cm³/mol. The smallest absolute Gasteiger partial charge is 0.329 e. The van der Waals surface area contributed by atoms with Crippen LogP contribution in [0.5, 0.6) is 0 Å². The molecule has 0 aliphatic carbocycles. The lowest BCUT2D eigenvalue weighted by Gasteiger charge is -2.09. The number of hydrogen-bond donors (Lipinski definition) is 4. The first-order chi connectivity index (χ1) is 11.8. The number of nitrogens with zero attached hydrogens (tertiary/aromatic N) is 3. The van der Waals surface area contributed by atoms with Crippen molar-refractivity contribution >= 4 is 23.0 Å². The third kappa shape index (κ3) is 3.91. The predicted octanol–water partition coefficient (Wildman–Crippen LogP) is 1.39. The average molecular weight is 353 g/mol. The highest BCUT2D eigenvalue weighted by molar-refractivity contribution is 5.89. The van der Waals surface area contributed by atoms with Crippen LogP contribution in [0.2, 0.25) is 0 Å². The Morgan fingerprint density at radius 1 is 1.16 bits per heavy atom. The van der Waals surface area contributed by atoms with Crippen molar-refractivity contribution in [1.82, 2.24) is 30.2 Å². The highest BCUT2D eigenvalue weighted by atomic mass is 19.4. The van der Waals surface area contributed by atoms with Gasteiger partial charge in [-0.3, -0.25) is 15.3 Å². The van der Waals surface area contributed by atoms with Crippen LogP contribution >= 0.6 is 0 Å². The topological polar surface area (TPSA) is 128 Å². The number of rotatable bonds is 3. The SMILES string of the molecule is O=C(NCC(F)(F)F)Nc1cnc(-c2ccnc3[nH]c(=O)[nH]c23)cn1. The Bertz CT molecular complexity index is 962. The summed E-state index contributed by atoms with van der Waals surface area (Å²) in [6.45, 7) is -1.46. The van der Waals surface area contributed by atoms with Gasteiger partial charge in [0.15, 0.2) is 11.5 Å². The largest absolute Gasteiger partial charge is 0.405 e. The van der Waals surface area contributed by atoms with Crippen LogP contribution in [0.25, 0.3) is 22.4 Å². The zero-order valence-electron chi connectivity index (χ0n) is 12.3. The van der Waals surface area contributed by atoms with E-state index in [1.54, 1.807) is 11.4 Å². The van der Waals surface area contributed by atoms with Crippen LogP contribution in [0.3, 0.4) is 0 Å². The van der Waals surface area contributed by atoms with Crippen LogP contribution in [-0.4, -0.2) is 43.7 Å². The molecule has 0 aromatic carbocycles. The van der Waals surface area contributed by atoms with Gasteiger partial charge in [0.05, 0.1) is 23.6 Å². The Kier molecular flexibility index (Phi) is 4.09. The zero-order chi connectivity index (χ0) is 18.0. The molecule has 0 fully saturated rings. The lowest BCUT2D eigenvalue weighted by atomic mass is 10.2. The lowest BCUT2D eigenvalue weighted by Crippen LogP contribution is -2.36. The van der Waals surface area contributed by atoms with Gasteiger partial charge in [0.1, 0.15) is 6.54 Å². The summed E-state index contributed by atoms with van der Waals surface area (Å²) in [6.07, 6.45) is -0.550. The summed E-state index contributed by atoms with van der Waals surface area (Å²) in [5.74, 6) is -0.0312. The first-order valence-corrected chi connectivity index (χ1v) is 6.83. The van der Waals surface area contributed by atoms with E-state index in [1.165, 1.54) is 18.6 Å². The quantitative estimate of drug-likeness (QED) is 0.566. The molecule has 0 aliphatic rings. The van der Waals surface area contributed by atoms with Gasteiger partial charge in [-0.1, -0.05) is 0 Å². The molecule has 3 heterocycles. The minimum Gasteiger partial charge on any atom is -0.329 e. The number of imidazole rings is 1. The summed E-state index contributed by atoms with van der Waals surface area (Å²) in [7, 11) is 0. The monoisotopic (exact) mass is 353 g/mol. The van der Waals surface area contributed by atoms with Crippen molar-refractivity contribution in [2.45, 2.75) is 6.18 Å². The van der Waals surface area contributed by atoms with Crippen molar-refractivity contribution in [3.8, 4) is 11.3 Å². The molecule has 0 radical (unpaired) electrons. The standard InChI is InChI=1S/C13H10F3N7O2/c14-13(15,16)5-20-11(24)21-8-4-18-7(3-19-8)6-1-2-17-10-9(6)22-12(25)23-10/h1-4H,5H2,(H2,17,22,23,25)(H2,19,20,21,24). The molecule has 9 nitrogen and oxygen atoms in total. The van der Waals surface area contributed by atoms with Crippen LogP contribution in [-0.2, 0) is 0 Å². The van der Waals surface area contributed by atoms with Gasteiger partial charge in [-0.05, 0) is 6.07 Å². The maximum atomic E-state index is 12.0. The Hall–Kier alpha value is -3.44. The number of carbonyl (C=O) groups is 1. The number of nitrogens with one attached hydrogen (secondary N) is 4. The number of anilines is 1. The molecule has 12 heteroatoms. The fourth-order valence-corrected chi connectivity index (χ4v) is 2.02. The van der Waals surface area contributed by atoms with Crippen LogP contribution < -0.4 is 16.3 Å². The molecule has 4 N–H and O–H groups in total.